The second-order valence-corrected chi connectivity index (χ2v) is 11.1. The molecule has 186 valence electrons. The van der Waals surface area contributed by atoms with E-state index < -0.39 is 23.4 Å². The highest BCUT2D eigenvalue weighted by atomic mass is 32.1. The van der Waals surface area contributed by atoms with Crippen molar-refractivity contribution in [2.45, 2.75) is 24.4 Å². The van der Waals surface area contributed by atoms with Crippen LogP contribution >= 0.6 is 11.3 Å². The van der Waals surface area contributed by atoms with Crippen molar-refractivity contribution in [3.8, 4) is 0 Å². The molecule has 4 unspecified atom stereocenters. The average molecular weight is 517 g/mol. The Labute approximate surface area is 224 Å². The van der Waals surface area contributed by atoms with Crippen LogP contribution in [0.1, 0.15) is 36.7 Å². The van der Waals surface area contributed by atoms with Crippen LogP contribution < -0.4 is 10.2 Å². The number of nitrogens with zero attached hydrogens (tertiary/aromatic N) is 1. The Morgan fingerprint density at radius 3 is 2.50 bits per heavy atom. The Morgan fingerprint density at radius 1 is 0.921 bits per heavy atom. The van der Waals surface area contributed by atoms with Crippen LogP contribution in [0.15, 0.2) is 96.4 Å². The van der Waals surface area contributed by atoms with Crippen LogP contribution in [0.25, 0.3) is 6.08 Å². The third-order valence-corrected chi connectivity index (χ3v) is 9.05. The topological polar surface area (TPSA) is 66.5 Å². The van der Waals surface area contributed by atoms with Gasteiger partial charge in [0.25, 0.3) is 0 Å². The Hall–Kier alpha value is -4.29. The van der Waals surface area contributed by atoms with Crippen LogP contribution in [0.4, 0.5) is 11.4 Å². The molecule has 1 fully saturated rings. The minimum Gasteiger partial charge on any atom is -0.352 e. The first-order valence-corrected chi connectivity index (χ1v) is 13.5. The van der Waals surface area contributed by atoms with Gasteiger partial charge in [0, 0.05) is 16.9 Å². The summed E-state index contributed by atoms with van der Waals surface area (Å²) in [5.41, 5.74) is 3.63. The van der Waals surface area contributed by atoms with Crippen molar-refractivity contribution in [1.29, 1.82) is 0 Å². The molecule has 7 rings (SSSR count). The van der Waals surface area contributed by atoms with Crippen LogP contribution in [0, 0.1) is 12.8 Å². The fraction of sp³-hybridized carbons (Fsp3) is 0.156. The van der Waals surface area contributed by atoms with Gasteiger partial charge in [-0.3, -0.25) is 14.4 Å². The van der Waals surface area contributed by atoms with Gasteiger partial charge >= 0.3 is 0 Å². The van der Waals surface area contributed by atoms with E-state index in [1.54, 1.807) is 18.2 Å². The first kappa shape index (κ1) is 22.9. The van der Waals surface area contributed by atoms with E-state index in [0.717, 1.165) is 22.4 Å². The van der Waals surface area contributed by atoms with Crippen molar-refractivity contribution in [3.63, 3.8) is 0 Å². The van der Waals surface area contributed by atoms with Gasteiger partial charge in [0.15, 0.2) is 11.6 Å². The SMILES string of the molecule is Cc1ccc2c(c1)C=CC1N2C(C(=O)c2ccccc2)C(C(=O)c2cccs2)C12C(=O)Nc1ccccc12. The summed E-state index contributed by atoms with van der Waals surface area (Å²) in [6.07, 6.45) is 4.04. The first-order valence-electron chi connectivity index (χ1n) is 12.7. The van der Waals surface area contributed by atoms with Gasteiger partial charge in [-0.05, 0) is 47.7 Å². The summed E-state index contributed by atoms with van der Waals surface area (Å²) in [7, 11) is 0. The molecule has 4 heterocycles. The lowest BCUT2D eigenvalue weighted by Gasteiger charge is -2.37. The maximum Gasteiger partial charge on any atom is 0.238 e. The van der Waals surface area contributed by atoms with Gasteiger partial charge < -0.3 is 10.2 Å². The quantitative estimate of drug-likeness (QED) is 0.343. The van der Waals surface area contributed by atoms with Crippen LogP contribution in [0.5, 0.6) is 0 Å². The number of para-hydroxylation sites is 1. The number of Topliss-reactive ketones (excluding diaryl/α,β-unsaturated/α-hetero) is 2. The predicted molar refractivity (Wildman–Crippen MR) is 150 cm³/mol. The molecule has 0 bridgehead atoms. The van der Waals surface area contributed by atoms with E-state index in [4.69, 9.17) is 0 Å². The number of benzene rings is 3. The van der Waals surface area contributed by atoms with Gasteiger partial charge in [0.2, 0.25) is 5.91 Å². The number of rotatable bonds is 4. The number of carbonyl (C=O) groups is 3. The maximum atomic E-state index is 14.5. The molecule has 0 radical (unpaired) electrons. The minimum absolute atomic E-state index is 0.165. The number of aryl methyl sites for hydroxylation is 1. The molecule has 0 aliphatic carbocycles. The van der Waals surface area contributed by atoms with Crippen LogP contribution in [-0.2, 0) is 10.2 Å². The van der Waals surface area contributed by atoms with Gasteiger partial charge in [0.05, 0.1) is 16.8 Å². The average Bonchev–Trinajstić information content (AvgIpc) is 3.65. The predicted octanol–water partition coefficient (Wildman–Crippen LogP) is 5.91. The van der Waals surface area contributed by atoms with E-state index in [0.29, 0.717) is 16.1 Å². The molecule has 38 heavy (non-hydrogen) atoms. The molecular formula is C32H24N2O3S. The van der Waals surface area contributed by atoms with Crippen molar-refractivity contribution in [2.75, 3.05) is 10.2 Å². The molecule has 3 aliphatic heterocycles. The van der Waals surface area contributed by atoms with Crippen molar-refractivity contribution in [3.05, 3.63) is 124 Å². The zero-order valence-corrected chi connectivity index (χ0v) is 21.4. The largest absolute Gasteiger partial charge is 0.352 e. The van der Waals surface area contributed by atoms with E-state index >= 15 is 0 Å². The second-order valence-electron chi connectivity index (χ2n) is 10.1. The highest BCUT2D eigenvalue weighted by Gasteiger charge is 2.70. The fourth-order valence-corrected chi connectivity index (χ4v) is 7.35. The van der Waals surface area contributed by atoms with E-state index in [1.807, 2.05) is 90.0 Å². The molecule has 1 saturated heterocycles. The lowest BCUT2D eigenvalue weighted by atomic mass is 9.64. The number of hydrogen-bond acceptors (Lipinski definition) is 5. The summed E-state index contributed by atoms with van der Waals surface area (Å²) in [5.74, 6) is -1.52. The van der Waals surface area contributed by atoms with Gasteiger partial charge in [-0.25, -0.2) is 0 Å². The van der Waals surface area contributed by atoms with Crippen molar-refractivity contribution >= 4 is 46.3 Å². The van der Waals surface area contributed by atoms with Crippen molar-refractivity contribution in [1.82, 2.24) is 0 Å². The molecule has 1 N–H and O–H groups in total. The second kappa shape index (κ2) is 8.36. The summed E-state index contributed by atoms with van der Waals surface area (Å²) in [6, 6.07) is 25.0. The molecule has 4 aromatic rings. The Balaban J connectivity index is 1.55. The molecule has 0 saturated carbocycles. The summed E-state index contributed by atoms with van der Waals surface area (Å²) in [5, 5.41) is 4.92. The van der Waals surface area contributed by atoms with Crippen LogP contribution in [-0.4, -0.2) is 29.6 Å². The standard InChI is InChI=1S/C32H24N2O3S/c1-19-13-15-24-21(18-19)14-16-26-32(22-10-5-6-11-23(22)33-31(32)37)27(30(36)25-12-7-17-38-25)28(34(24)26)29(35)20-8-3-2-4-9-20/h2-18,26-28H,1H3,(H,33,37). The number of carbonyl (C=O) groups excluding carboxylic acids is 3. The molecule has 1 amide bonds. The Bertz CT molecular complexity index is 1640. The lowest BCUT2D eigenvalue weighted by Crippen LogP contribution is -2.51. The van der Waals surface area contributed by atoms with Crippen LogP contribution in [0.3, 0.4) is 0 Å². The third-order valence-electron chi connectivity index (χ3n) is 8.16. The molecule has 4 atom stereocenters. The molecule has 1 spiro atoms. The number of fused-ring (bicyclic) bond motifs is 6. The number of nitrogens with one attached hydrogen (secondary N) is 1. The number of hydrogen-bond donors (Lipinski definition) is 1. The Kier molecular flexibility index (Phi) is 5.03. The fourth-order valence-electron chi connectivity index (χ4n) is 6.64. The zero-order valence-electron chi connectivity index (χ0n) is 20.6. The van der Waals surface area contributed by atoms with Gasteiger partial charge in [-0.1, -0.05) is 78.4 Å². The van der Waals surface area contributed by atoms with E-state index in [1.165, 1.54) is 11.3 Å². The summed E-state index contributed by atoms with van der Waals surface area (Å²) in [4.78, 5) is 45.8. The van der Waals surface area contributed by atoms with Crippen molar-refractivity contribution in [2.24, 2.45) is 5.92 Å². The molecule has 3 aromatic carbocycles. The van der Waals surface area contributed by atoms with Gasteiger partial charge in [-0.15, -0.1) is 11.3 Å². The Morgan fingerprint density at radius 2 is 1.71 bits per heavy atom. The summed E-state index contributed by atoms with van der Waals surface area (Å²) >= 11 is 1.34. The molecule has 6 heteroatoms. The molecule has 1 aromatic heterocycles. The normalized spacial score (nSPS) is 24.6. The van der Waals surface area contributed by atoms with Crippen LogP contribution in [0.2, 0.25) is 0 Å². The highest BCUT2D eigenvalue weighted by molar-refractivity contribution is 7.12. The number of anilines is 2. The number of amides is 1. The monoisotopic (exact) mass is 516 g/mol. The van der Waals surface area contributed by atoms with Crippen molar-refractivity contribution < 1.29 is 14.4 Å². The number of thiophene rings is 1. The van der Waals surface area contributed by atoms with Gasteiger partial charge in [-0.2, -0.15) is 0 Å². The molecule has 5 nitrogen and oxygen atoms in total. The zero-order chi connectivity index (χ0) is 26.0. The minimum atomic E-state index is -1.27. The highest BCUT2D eigenvalue weighted by Crippen LogP contribution is 2.58. The lowest BCUT2D eigenvalue weighted by molar-refractivity contribution is -0.121. The third kappa shape index (κ3) is 3.01. The number of ketones is 2. The van der Waals surface area contributed by atoms with Gasteiger partial charge in [0.1, 0.15) is 11.5 Å². The first-order chi connectivity index (χ1) is 18.5. The summed E-state index contributed by atoms with van der Waals surface area (Å²) < 4.78 is 0. The van der Waals surface area contributed by atoms with E-state index in [2.05, 4.69) is 11.4 Å². The molecule has 3 aliphatic rings. The maximum absolute atomic E-state index is 14.5. The summed E-state index contributed by atoms with van der Waals surface area (Å²) in [6.45, 7) is 2.03. The van der Waals surface area contributed by atoms with E-state index in [-0.39, 0.29) is 17.5 Å². The molecular weight excluding hydrogens is 492 g/mol. The van der Waals surface area contributed by atoms with E-state index in [9.17, 15) is 14.4 Å². The smallest absolute Gasteiger partial charge is 0.238 e.